The number of aromatic nitrogens is 4. The van der Waals surface area contributed by atoms with Crippen LogP contribution < -0.4 is 5.32 Å². The van der Waals surface area contributed by atoms with Crippen LogP contribution in [-0.4, -0.2) is 26.5 Å². The Hall–Kier alpha value is -7.24. The highest BCUT2D eigenvalue weighted by molar-refractivity contribution is 5.96. The van der Waals surface area contributed by atoms with Gasteiger partial charge in [0.25, 0.3) is 0 Å². The maximum Gasteiger partial charge on any atom is 0.160 e. The number of nitrogens with one attached hydrogen (secondary N) is 1. The van der Waals surface area contributed by atoms with Crippen LogP contribution in [0.25, 0.3) is 78.7 Å². The van der Waals surface area contributed by atoms with Gasteiger partial charge < -0.3 is 5.32 Å². The standard InChI is InChI=1S/C49H35N5/c1-5-16-34(17-6-1)38-28-39(35-18-7-2-8-19-35)30-41(29-38)44-33-45(54-49(53-44)37-22-11-4-12-23-37)42-24-15-27-51-48(42)47-32-40(36-20-9-3-10-21-36)31-46(52-47)43-25-13-14-26-50-43/h1-26,28-33,51H,27H2. The van der Waals surface area contributed by atoms with E-state index in [1.807, 2.05) is 48.7 Å². The first-order valence-electron chi connectivity index (χ1n) is 18.1. The zero-order valence-electron chi connectivity index (χ0n) is 29.5. The third kappa shape index (κ3) is 6.86. The van der Waals surface area contributed by atoms with Gasteiger partial charge in [0, 0.05) is 29.4 Å². The zero-order valence-corrected chi connectivity index (χ0v) is 29.5. The molecule has 0 fully saturated rings. The largest absolute Gasteiger partial charge is 0.379 e. The van der Waals surface area contributed by atoms with Gasteiger partial charge >= 0.3 is 0 Å². The van der Waals surface area contributed by atoms with Crippen molar-refractivity contribution in [3.63, 3.8) is 0 Å². The van der Waals surface area contributed by atoms with Gasteiger partial charge in [-0.25, -0.2) is 15.0 Å². The van der Waals surface area contributed by atoms with Crippen molar-refractivity contribution < 1.29 is 0 Å². The summed E-state index contributed by atoms with van der Waals surface area (Å²) in [4.78, 5) is 20.4. The molecule has 0 bridgehead atoms. The van der Waals surface area contributed by atoms with E-state index in [2.05, 4.69) is 156 Å². The van der Waals surface area contributed by atoms with Crippen LogP contribution in [0.2, 0.25) is 0 Å². The van der Waals surface area contributed by atoms with E-state index in [1.54, 1.807) is 0 Å². The van der Waals surface area contributed by atoms with Gasteiger partial charge in [-0.2, -0.15) is 0 Å². The molecule has 0 aliphatic carbocycles. The molecule has 0 saturated carbocycles. The van der Waals surface area contributed by atoms with Crippen LogP contribution in [0, 0.1) is 0 Å². The molecule has 256 valence electrons. The molecule has 3 aromatic heterocycles. The van der Waals surface area contributed by atoms with Crippen LogP contribution >= 0.6 is 0 Å². The van der Waals surface area contributed by atoms with Crippen LogP contribution in [0.1, 0.15) is 11.4 Å². The van der Waals surface area contributed by atoms with Crippen molar-refractivity contribution >= 4 is 11.3 Å². The van der Waals surface area contributed by atoms with Crippen LogP contribution in [-0.2, 0) is 0 Å². The lowest BCUT2D eigenvalue weighted by Gasteiger charge is -2.20. The first-order chi connectivity index (χ1) is 26.7. The minimum atomic E-state index is 0.653. The molecule has 0 spiro atoms. The second-order valence-electron chi connectivity index (χ2n) is 13.1. The topological polar surface area (TPSA) is 63.6 Å². The summed E-state index contributed by atoms with van der Waals surface area (Å²) in [7, 11) is 0. The number of nitrogens with zero attached hydrogens (tertiary/aromatic N) is 4. The van der Waals surface area contributed by atoms with E-state index in [0.717, 1.165) is 84.2 Å². The highest BCUT2D eigenvalue weighted by atomic mass is 14.9. The Labute approximate surface area is 315 Å². The Morgan fingerprint density at radius 1 is 0.370 bits per heavy atom. The van der Waals surface area contributed by atoms with E-state index in [-0.39, 0.29) is 0 Å². The lowest BCUT2D eigenvalue weighted by Crippen LogP contribution is -2.18. The molecule has 9 rings (SSSR count). The van der Waals surface area contributed by atoms with Crippen molar-refractivity contribution in [1.29, 1.82) is 0 Å². The fraction of sp³-hybridized carbons (Fsp3) is 0.0204. The fourth-order valence-electron chi connectivity index (χ4n) is 6.88. The summed E-state index contributed by atoms with van der Waals surface area (Å²) in [5.41, 5.74) is 14.6. The predicted octanol–water partition coefficient (Wildman–Crippen LogP) is 11.3. The molecule has 1 aliphatic rings. The lowest BCUT2D eigenvalue weighted by molar-refractivity contribution is 0.982. The highest BCUT2D eigenvalue weighted by Gasteiger charge is 2.20. The Morgan fingerprint density at radius 2 is 0.889 bits per heavy atom. The predicted molar refractivity (Wildman–Crippen MR) is 221 cm³/mol. The third-order valence-corrected chi connectivity index (χ3v) is 9.54. The summed E-state index contributed by atoms with van der Waals surface area (Å²) >= 11 is 0. The molecule has 0 saturated heterocycles. The van der Waals surface area contributed by atoms with Crippen molar-refractivity contribution in [1.82, 2.24) is 25.3 Å². The minimum Gasteiger partial charge on any atom is -0.379 e. The van der Waals surface area contributed by atoms with E-state index in [0.29, 0.717) is 12.4 Å². The van der Waals surface area contributed by atoms with E-state index in [1.165, 1.54) is 0 Å². The first-order valence-corrected chi connectivity index (χ1v) is 18.1. The number of dihydropyridines is 1. The third-order valence-electron chi connectivity index (χ3n) is 9.54. The maximum absolute atomic E-state index is 5.25. The van der Waals surface area contributed by atoms with Gasteiger partial charge in [0.2, 0.25) is 0 Å². The van der Waals surface area contributed by atoms with Crippen molar-refractivity contribution in [2.24, 2.45) is 0 Å². The van der Waals surface area contributed by atoms with Crippen molar-refractivity contribution in [3.05, 3.63) is 206 Å². The second kappa shape index (κ2) is 14.8. The summed E-state index contributed by atoms with van der Waals surface area (Å²) in [6, 6.07) is 60.7. The number of hydrogen-bond donors (Lipinski definition) is 1. The van der Waals surface area contributed by atoms with Gasteiger partial charge in [-0.1, -0.05) is 140 Å². The molecule has 1 aliphatic heterocycles. The average Bonchev–Trinajstić information content (AvgIpc) is 3.27. The van der Waals surface area contributed by atoms with Gasteiger partial charge in [0.15, 0.2) is 5.82 Å². The molecule has 8 aromatic rings. The summed E-state index contributed by atoms with van der Waals surface area (Å²) in [6.45, 7) is 0.665. The molecular weight excluding hydrogens is 659 g/mol. The molecule has 54 heavy (non-hydrogen) atoms. The summed E-state index contributed by atoms with van der Waals surface area (Å²) in [5.74, 6) is 0.653. The van der Waals surface area contributed by atoms with Gasteiger partial charge in [-0.15, -0.1) is 0 Å². The summed E-state index contributed by atoms with van der Waals surface area (Å²) < 4.78 is 0. The zero-order chi connectivity index (χ0) is 36.1. The van der Waals surface area contributed by atoms with Crippen LogP contribution in [0.3, 0.4) is 0 Å². The Morgan fingerprint density at radius 3 is 1.48 bits per heavy atom. The summed E-state index contributed by atoms with van der Waals surface area (Å²) in [6.07, 6.45) is 6.09. The molecule has 0 atom stereocenters. The van der Waals surface area contributed by atoms with Crippen molar-refractivity contribution in [2.75, 3.05) is 6.54 Å². The number of benzene rings is 5. The van der Waals surface area contributed by atoms with Crippen molar-refractivity contribution in [2.45, 2.75) is 0 Å². The molecule has 5 nitrogen and oxygen atoms in total. The first kappa shape index (κ1) is 32.7. The molecule has 5 aromatic carbocycles. The quantitative estimate of drug-likeness (QED) is 0.172. The van der Waals surface area contributed by atoms with Crippen LogP contribution in [0.4, 0.5) is 0 Å². The van der Waals surface area contributed by atoms with E-state index >= 15 is 0 Å². The molecule has 0 amide bonds. The van der Waals surface area contributed by atoms with Crippen LogP contribution in [0.15, 0.2) is 194 Å². The molecule has 1 N–H and O–H groups in total. The van der Waals surface area contributed by atoms with E-state index in [4.69, 9.17) is 15.0 Å². The normalized spacial score (nSPS) is 12.4. The van der Waals surface area contributed by atoms with E-state index < -0.39 is 0 Å². The smallest absolute Gasteiger partial charge is 0.160 e. The average molecular weight is 694 g/mol. The Bertz CT molecular complexity index is 2500. The summed E-state index contributed by atoms with van der Waals surface area (Å²) in [5, 5.41) is 3.67. The van der Waals surface area contributed by atoms with Crippen molar-refractivity contribution in [3.8, 4) is 67.4 Å². The second-order valence-corrected chi connectivity index (χ2v) is 13.1. The SMILES string of the molecule is C1=CC(c2cc(-c3cc(-c4ccccc4)cc(-c4ccccc4)c3)nc(-c3ccccc3)n2)=C(c2cc(-c3ccccc3)cc(-c3ccccn3)n2)NC1. The van der Waals surface area contributed by atoms with Crippen LogP contribution in [0.5, 0.6) is 0 Å². The number of rotatable bonds is 8. The monoisotopic (exact) mass is 693 g/mol. The minimum absolute atomic E-state index is 0.653. The number of allylic oxidation sites excluding steroid dienone is 2. The van der Waals surface area contributed by atoms with Gasteiger partial charge in [0.1, 0.15) is 0 Å². The fourth-order valence-corrected chi connectivity index (χ4v) is 6.88. The van der Waals surface area contributed by atoms with Gasteiger partial charge in [-0.05, 0) is 81.9 Å². The lowest BCUT2D eigenvalue weighted by atomic mass is 9.94. The molecular formula is C49H35N5. The maximum atomic E-state index is 5.25. The highest BCUT2D eigenvalue weighted by Crippen LogP contribution is 2.36. The molecule has 5 heteroatoms. The Kier molecular flexibility index (Phi) is 8.94. The van der Waals surface area contributed by atoms with Gasteiger partial charge in [0.05, 0.1) is 34.2 Å². The molecule has 0 radical (unpaired) electrons. The molecule has 0 unspecified atom stereocenters. The van der Waals surface area contributed by atoms with Gasteiger partial charge in [-0.3, -0.25) is 4.98 Å². The Balaban J connectivity index is 1.26. The number of hydrogen-bond acceptors (Lipinski definition) is 5. The number of pyridine rings is 2. The van der Waals surface area contributed by atoms with E-state index in [9.17, 15) is 0 Å². The molecule has 4 heterocycles.